The summed E-state index contributed by atoms with van der Waals surface area (Å²) in [6.45, 7) is 5.23. The predicted molar refractivity (Wildman–Crippen MR) is 97.8 cm³/mol. The van der Waals surface area contributed by atoms with Crippen LogP contribution in [0.3, 0.4) is 0 Å². The molecule has 1 aromatic carbocycles. The van der Waals surface area contributed by atoms with Crippen molar-refractivity contribution in [3.63, 3.8) is 0 Å². The number of benzene rings is 1. The monoisotopic (exact) mass is 352 g/mol. The van der Waals surface area contributed by atoms with E-state index in [4.69, 9.17) is 0 Å². The van der Waals surface area contributed by atoms with Gasteiger partial charge in [-0.15, -0.1) is 0 Å². The zero-order chi connectivity index (χ0) is 17.7. The number of para-hydroxylation sites is 1. The van der Waals surface area contributed by atoms with Crippen LogP contribution in [0.2, 0.25) is 0 Å². The molecule has 0 N–H and O–H groups in total. The molecule has 0 unspecified atom stereocenters. The smallest absolute Gasteiger partial charge is 0.243 e. The molecule has 2 rings (SSSR count). The fourth-order valence-electron chi connectivity index (χ4n) is 3.27. The van der Waals surface area contributed by atoms with Crippen molar-refractivity contribution < 1.29 is 13.2 Å². The Morgan fingerprint density at radius 2 is 1.79 bits per heavy atom. The van der Waals surface area contributed by atoms with Crippen molar-refractivity contribution in [3.05, 3.63) is 29.3 Å². The van der Waals surface area contributed by atoms with Gasteiger partial charge in [0.25, 0.3) is 0 Å². The molecule has 0 spiro atoms. The Morgan fingerprint density at radius 1 is 1.17 bits per heavy atom. The molecule has 1 heterocycles. The van der Waals surface area contributed by atoms with Gasteiger partial charge in [-0.25, -0.2) is 8.42 Å². The quantitative estimate of drug-likeness (QED) is 0.819. The summed E-state index contributed by atoms with van der Waals surface area (Å²) in [5.41, 5.74) is 2.48. The number of anilines is 1. The third-order valence-electron chi connectivity index (χ3n) is 4.59. The molecule has 0 saturated carbocycles. The molecule has 0 bridgehead atoms. The van der Waals surface area contributed by atoms with Crippen LogP contribution in [0, 0.1) is 6.92 Å². The Labute approximate surface area is 145 Å². The van der Waals surface area contributed by atoms with E-state index in [1.54, 1.807) is 0 Å². The van der Waals surface area contributed by atoms with Crippen LogP contribution in [0.1, 0.15) is 43.7 Å². The van der Waals surface area contributed by atoms with Gasteiger partial charge in [-0.1, -0.05) is 38.0 Å². The number of aryl methyl sites for hydroxylation is 2. The summed E-state index contributed by atoms with van der Waals surface area (Å²) in [5, 5.41) is 0. The van der Waals surface area contributed by atoms with Crippen molar-refractivity contribution in [2.75, 3.05) is 30.2 Å². The number of nitrogens with zero attached hydrogens (tertiary/aromatic N) is 2. The van der Waals surface area contributed by atoms with Crippen molar-refractivity contribution in [1.82, 2.24) is 4.90 Å². The molecule has 0 radical (unpaired) electrons. The van der Waals surface area contributed by atoms with Gasteiger partial charge in [-0.3, -0.25) is 9.10 Å². The van der Waals surface area contributed by atoms with Crippen LogP contribution in [0.25, 0.3) is 0 Å². The second-order valence-corrected chi connectivity index (χ2v) is 8.41. The minimum atomic E-state index is -3.53. The number of carbonyl (C=O) groups excluding carboxylic acids is 1. The van der Waals surface area contributed by atoms with Gasteiger partial charge in [0.2, 0.25) is 15.9 Å². The van der Waals surface area contributed by atoms with Gasteiger partial charge in [-0.05, 0) is 37.3 Å². The lowest BCUT2D eigenvalue weighted by Crippen LogP contribution is -2.43. The summed E-state index contributed by atoms with van der Waals surface area (Å²) in [6.07, 6.45) is 6.16. The van der Waals surface area contributed by atoms with Gasteiger partial charge in [0, 0.05) is 13.1 Å². The highest BCUT2D eigenvalue weighted by Gasteiger charge is 2.27. The highest BCUT2D eigenvalue weighted by molar-refractivity contribution is 7.92. The van der Waals surface area contributed by atoms with E-state index in [2.05, 4.69) is 0 Å². The minimum absolute atomic E-state index is 0.104. The number of sulfonamides is 1. The van der Waals surface area contributed by atoms with E-state index in [-0.39, 0.29) is 12.5 Å². The van der Waals surface area contributed by atoms with E-state index in [0.29, 0.717) is 5.69 Å². The maximum absolute atomic E-state index is 12.7. The maximum Gasteiger partial charge on any atom is 0.243 e. The first kappa shape index (κ1) is 18.8. The minimum Gasteiger partial charge on any atom is -0.341 e. The second kappa shape index (κ2) is 8.01. The van der Waals surface area contributed by atoms with Crippen molar-refractivity contribution in [2.45, 2.75) is 46.0 Å². The Kier molecular flexibility index (Phi) is 6.27. The molecule has 1 aliphatic heterocycles. The number of amides is 1. The Hall–Kier alpha value is -1.56. The second-order valence-electron chi connectivity index (χ2n) is 6.50. The number of hydrogen-bond acceptors (Lipinski definition) is 3. The standard InChI is InChI=1S/C18H28N2O3S/c1-4-16-11-9-10-15(2)18(16)20(24(3,22)23)14-17(21)19-12-7-5-6-8-13-19/h9-11H,4-8,12-14H2,1-3H3. The van der Waals surface area contributed by atoms with Crippen LogP contribution < -0.4 is 4.31 Å². The zero-order valence-corrected chi connectivity index (χ0v) is 15.7. The number of carbonyl (C=O) groups is 1. The summed E-state index contributed by atoms with van der Waals surface area (Å²) >= 11 is 0. The molecule has 6 heteroatoms. The molecule has 0 aliphatic carbocycles. The molecule has 1 fully saturated rings. The average molecular weight is 353 g/mol. The van der Waals surface area contributed by atoms with Crippen LogP contribution in [-0.2, 0) is 21.2 Å². The van der Waals surface area contributed by atoms with Crippen LogP contribution >= 0.6 is 0 Å². The van der Waals surface area contributed by atoms with Crippen molar-refractivity contribution >= 4 is 21.6 Å². The highest BCUT2D eigenvalue weighted by atomic mass is 32.2. The molecule has 0 aromatic heterocycles. The SMILES string of the molecule is CCc1cccc(C)c1N(CC(=O)N1CCCCCC1)S(C)(=O)=O. The lowest BCUT2D eigenvalue weighted by molar-refractivity contribution is -0.129. The van der Waals surface area contributed by atoms with Gasteiger partial charge in [0.05, 0.1) is 11.9 Å². The summed E-state index contributed by atoms with van der Waals surface area (Å²) in [5.74, 6) is -0.104. The molecule has 0 atom stereocenters. The van der Waals surface area contributed by atoms with Gasteiger partial charge in [-0.2, -0.15) is 0 Å². The Balaban J connectivity index is 2.32. The molecule has 1 aromatic rings. The van der Waals surface area contributed by atoms with E-state index < -0.39 is 10.0 Å². The first-order valence-corrected chi connectivity index (χ1v) is 10.5. The topological polar surface area (TPSA) is 57.7 Å². The number of hydrogen-bond donors (Lipinski definition) is 0. The zero-order valence-electron chi connectivity index (χ0n) is 14.9. The molecule has 1 saturated heterocycles. The molecule has 1 amide bonds. The lowest BCUT2D eigenvalue weighted by atomic mass is 10.1. The summed E-state index contributed by atoms with van der Waals surface area (Å²) in [4.78, 5) is 14.5. The van der Waals surface area contributed by atoms with Crippen LogP contribution in [-0.4, -0.2) is 45.1 Å². The third kappa shape index (κ3) is 4.50. The number of likely N-dealkylation sites (tertiary alicyclic amines) is 1. The molecule has 134 valence electrons. The summed E-state index contributed by atoms with van der Waals surface area (Å²) in [7, 11) is -3.53. The van der Waals surface area contributed by atoms with Crippen LogP contribution in [0.4, 0.5) is 5.69 Å². The van der Waals surface area contributed by atoms with E-state index >= 15 is 0 Å². The van der Waals surface area contributed by atoms with Crippen molar-refractivity contribution in [2.24, 2.45) is 0 Å². The lowest BCUT2D eigenvalue weighted by Gasteiger charge is -2.29. The normalized spacial score (nSPS) is 15.9. The first-order valence-electron chi connectivity index (χ1n) is 8.68. The molecule has 24 heavy (non-hydrogen) atoms. The largest absolute Gasteiger partial charge is 0.341 e. The summed E-state index contributed by atoms with van der Waals surface area (Å²) in [6, 6.07) is 5.74. The molecule has 1 aliphatic rings. The van der Waals surface area contributed by atoms with E-state index in [1.165, 1.54) is 10.6 Å². The summed E-state index contributed by atoms with van der Waals surface area (Å²) < 4.78 is 26.1. The van der Waals surface area contributed by atoms with Gasteiger partial charge < -0.3 is 4.90 Å². The van der Waals surface area contributed by atoms with Gasteiger partial charge in [0.15, 0.2) is 0 Å². The fraction of sp³-hybridized carbons (Fsp3) is 0.611. The van der Waals surface area contributed by atoms with E-state index in [9.17, 15) is 13.2 Å². The highest BCUT2D eigenvalue weighted by Crippen LogP contribution is 2.28. The first-order chi connectivity index (χ1) is 11.3. The van der Waals surface area contributed by atoms with E-state index in [1.807, 2.05) is 36.9 Å². The van der Waals surface area contributed by atoms with Gasteiger partial charge >= 0.3 is 0 Å². The molecule has 5 nitrogen and oxygen atoms in total. The van der Waals surface area contributed by atoms with Crippen molar-refractivity contribution in [1.29, 1.82) is 0 Å². The molecular formula is C18H28N2O3S. The molecular weight excluding hydrogens is 324 g/mol. The van der Waals surface area contributed by atoms with Crippen molar-refractivity contribution in [3.8, 4) is 0 Å². The van der Waals surface area contributed by atoms with E-state index in [0.717, 1.165) is 56.3 Å². The Bertz CT molecular complexity index is 678. The Morgan fingerprint density at radius 3 is 2.33 bits per heavy atom. The average Bonchev–Trinajstić information content (AvgIpc) is 2.81. The fourth-order valence-corrected chi connectivity index (χ4v) is 4.20. The number of rotatable bonds is 5. The van der Waals surface area contributed by atoms with Gasteiger partial charge in [0.1, 0.15) is 6.54 Å². The van der Waals surface area contributed by atoms with Crippen LogP contribution in [0.5, 0.6) is 0 Å². The maximum atomic E-state index is 12.7. The third-order valence-corrected chi connectivity index (χ3v) is 5.70. The predicted octanol–water partition coefficient (Wildman–Crippen LogP) is 2.73. The van der Waals surface area contributed by atoms with Crippen LogP contribution in [0.15, 0.2) is 18.2 Å².